The van der Waals surface area contributed by atoms with Crippen molar-refractivity contribution in [3.63, 3.8) is 0 Å². The van der Waals surface area contributed by atoms with E-state index in [1.54, 1.807) is 0 Å². The quantitative estimate of drug-likeness (QED) is 0.866. The third kappa shape index (κ3) is 2.99. The van der Waals surface area contributed by atoms with Crippen LogP contribution in [-0.4, -0.2) is 48.1 Å². The van der Waals surface area contributed by atoms with E-state index in [1.165, 1.54) is 11.3 Å². The molecule has 5 nitrogen and oxygen atoms in total. The zero-order valence-corrected chi connectivity index (χ0v) is 15.9. The molecule has 2 aliphatic heterocycles. The van der Waals surface area contributed by atoms with Crippen LogP contribution in [0.4, 0.5) is 0 Å². The number of hydrogen-bond acceptors (Lipinski definition) is 4. The molecule has 1 unspecified atom stereocenters. The number of ether oxygens (including phenoxy) is 1. The molecule has 1 N–H and O–H groups in total. The second-order valence-electron chi connectivity index (χ2n) is 7.46. The summed E-state index contributed by atoms with van der Waals surface area (Å²) in [5, 5.41) is 3.97. The molecule has 5 rings (SSSR count). The first-order chi connectivity index (χ1) is 13.2. The molecular formula is C21H22ClN3O2. The monoisotopic (exact) mass is 383 g/mol. The fourth-order valence-electron chi connectivity index (χ4n) is 4.47. The molecule has 1 aliphatic carbocycles. The number of aromatic nitrogens is 1. The Morgan fingerprint density at radius 3 is 2.93 bits per heavy atom. The predicted octanol–water partition coefficient (Wildman–Crippen LogP) is 2.63. The number of aryl methyl sites for hydroxylation is 1. The van der Waals surface area contributed by atoms with Crippen molar-refractivity contribution in [1.82, 2.24) is 15.2 Å². The molecule has 1 fully saturated rings. The number of fused-ring (bicyclic) bond motifs is 2. The summed E-state index contributed by atoms with van der Waals surface area (Å²) in [5.74, 6) is 0.892. The molecule has 1 atom stereocenters. The molecule has 1 amide bonds. The Morgan fingerprint density at radius 1 is 1.22 bits per heavy atom. The number of carbonyl (C=O) groups is 1. The van der Waals surface area contributed by atoms with Crippen LogP contribution < -0.4 is 10.1 Å². The van der Waals surface area contributed by atoms with E-state index in [0.29, 0.717) is 11.4 Å². The molecule has 6 heteroatoms. The van der Waals surface area contributed by atoms with E-state index in [-0.39, 0.29) is 5.91 Å². The Labute approximate surface area is 163 Å². The minimum absolute atomic E-state index is 0.0785. The Morgan fingerprint density at radius 2 is 2.07 bits per heavy atom. The minimum atomic E-state index is -0.454. The number of amides is 1. The van der Waals surface area contributed by atoms with Crippen molar-refractivity contribution in [2.45, 2.75) is 31.8 Å². The Balaban J connectivity index is 1.50. The lowest BCUT2D eigenvalue weighted by Crippen LogP contribution is -2.50. The largest absolute Gasteiger partial charge is 0.479 e. The van der Waals surface area contributed by atoms with Crippen molar-refractivity contribution >= 4 is 17.5 Å². The molecule has 0 spiro atoms. The number of benzene rings is 1. The van der Waals surface area contributed by atoms with E-state index in [9.17, 15) is 4.79 Å². The number of rotatable bonds is 2. The fourth-order valence-corrected chi connectivity index (χ4v) is 4.71. The molecule has 0 radical (unpaired) electrons. The van der Waals surface area contributed by atoms with Crippen LogP contribution in [0.3, 0.4) is 0 Å². The van der Waals surface area contributed by atoms with Crippen LogP contribution in [-0.2, 0) is 24.1 Å². The van der Waals surface area contributed by atoms with Gasteiger partial charge in [-0.15, -0.1) is 0 Å². The number of piperazine rings is 1. The van der Waals surface area contributed by atoms with Crippen LogP contribution in [0.25, 0.3) is 11.1 Å². The van der Waals surface area contributed by atoms with E-state index in [2.05, 4.69) is 10.3 Å². The standard InChI is InChI=1S/C21H22ClN3O2/c22-14-10-13-11-19(21(26)25-8-6-23-7-9-25)27-20(13)17(12-14)15-4-5-24-18-3-1-2-16(15)18/h4-5,10,12,19,23H,1-3,6-9,11H2. The van der Waals surface area contributed by atoms with Crippen LogP contribution in [0, 0.1) is 0 Å². The van der Waals surface area contributed by atoms with Gasteiger partial charge >= 0.3 is 0 Å². The molecule has 1 aromatic heterocycles. The number of pyridine rings is 1. The fraction of sp³-hybridized carbons (Fsp3) is 0.429. The highest BCUT2D eigenvalue weighted by molar-refractivity contribution is 6.31. The highest BCUT2D eigenvalue weighted by Crippen LogP contribution is 2.43. The zero-order chi connectivity index (χ0) is 18.4. The van der Waals surface area contributed by atoms with Crippen LogP contribution in [0.2, 0.25) is 5.02 Å². The molecule has 1 saturated heterocycles. The lowest BCUT2D eigenvalue weighted by Gasteiger charge is -2.29. The summed E-state index contributed by atoms with van der Waals surface area (Å²) in [6.45, 7) is 3.15. The van der Waals surface area contributed by atoms with Crippen LogP contribution in [0.15, 0.2) is 24.4 Å². The van der Waals surface area contributed by atoms with Gasteiger partial charge in [0.05, 0.1) is 0 Å². The topological polar surface area (TPSA) is 54.5 Å². The normalized spacial score (nSPS) is 20.9. The summed E-state index contributed by atoms with van der Waals surface area (Å²) >= 11 is 6.43. The van der Waals surface area contributed by atoms with Crippen LogP contribution in [0.5, 0.6) is 5.75 Å². The van der Waals surface area contributed by atoms with Crippen LogP contribution >= 0.6 is 11.6 Å². The average Bonchev–Trinajstić information content (AvgIpc) is 3.34. The van der Waals surface area contributed by atoms with Crippen molar-refractivity contribution in [2.75, 3.05) is 26.2 Å². The number of nitrogens with zero attached hydrogens (tertiary/aromatic N) is 2. The third-order valence-electron chi connectivity index (χ3n) is 5.78. The van der Waals surface area contributed by atoms with Gasteiger partial charge in [-0.25, -0.2) is 0 Å². The smallest absolute Gasteiger partial charge is 0.264 e. The molecule has 0 bridgehead atoms. The van der Waals surface area contributed by atoms with Crippen molar-refractivity contribution < 1.29 is 9.53 Å². The molecule has 3 aliphatic rings. The maximum absolute atomic E-state index is 12.9. The number of halogens is 1. The summed E-state index contributed by atoms with van der Waals surface area (Å²) in [4.78, 5) is 19.3. The van der Waals surface area contributed by atoms with Crippen molar-refractivity contribution in [3.8, 4) is 16.9 Å². The summed E-state index contributed by atoms with van der Waals surface area (Å²) in [6, 6.07) is 5.95. The maximum Gasteiger partial charge on any atom is 0.264 e. The van der Waals surface area contributed by atoms with Gasteiger partial charge in [-0.2, -0.15) is 0 Å². The van der Waals surface area contributed by atoms with E-state index in [4.69, 9.17) is 16.3 Å². The van der Waals surface area contributed by atoms with Gasteiger partial charge < -0.3 is 15.0 Å². The van der Waals surface area contributed by atoms with Crippen LogP contribution in [0.1, 0.15) is 23.2 Å². The highest BCUT2D eigenvalue weighted by atomic mass is 35.5. The first-order valence-corrected chi connectivity index (χ1v) is 10.0. The lowest BCUT2D eigenvalue weighted by atomic mass is 9.96. The van der Waals surface area contributed by atoms with Gasteiger partial charge in [-0.05, 0) is 48.6 Å². The molecule has 2 aromatic rings. The highest BCUT2D eigenvalue weighted by Gasteiger charge is 2.35. The molecule has 0 saturated carbocycles. The summed E-state index contributed by atoms with van der Waals surface area (Å²) in [5.41, 5.74) is 5.63. The first kappa shape index (κ1) is 17.0. The summed E-state index contributed by atoms with van der Waals surface area (Å²) in [6.07, 6.45) is 5.18. The number of hydrogen-bond donors (Lipinski definition) is 1. The van der Waals surface area contributed by atoms with Gasteiger partial charge in [0, 0.05) is 60.6 Å². The molecule has 27 heavy (non-hydrogen) atoms. The second kappa shape index (κ2) is 6.80. The average molecular weight is 384 g/mol. The number of carbonyl (C=O) groups excluding carboxylic acids is 1. The van der Waals surface area contributed by atoms with Crippen molar-refractivity contribution in [3.05, 3.63) is 46.2 Å². The molecule has 140 valence electrons. The lowest BCUT2D eigenvalue weighted by molar-refractivity contribution is -0.138. The van der Waals surface area contributed by atoms with Gasteiger partial charge in [0.1, 0.15) is 5.75 Å². The van der Waals surface area contributed by atoms with Gasteiger partial charge in [0.25, 0.3) is 5.91 Å². The van der Waals surface area contributed by atoms with Crippen molar-refractivity contribution in [1.29, 1.82) is 0 Å². The molecule has 1 aromatic carbocycles. The first-order valence-electron chi connectivity index (χ1n) is 9.66. The Hall–Kier alpha value is -2.11. The van der Waals surface area contributed by atoms with E-state index in [1.807, 2.05) is 29.3 Å². The van der Waals surface area contributed by atoms with Gasteiger partial charge in [0.2, 0.25) is 0 Å². The Kier molecular flexibility index (Phi) is 4.29. The summed E-state index contributed by atoms with van der Waals surface area (Å²) in [7, 11) is 0. The van der Waals surface area contributed by atoms with Gasteiger partial charge in [0.15, 0.2) is 6.10 Å². The summed E-state index contributed by atoms with van der Waals surface area (Å²) < 4.78 is 6.23. The second-order valence-corrected chi connectivity index (χ2v) is 7.90. The van der Waals surface area contributed by atoms with E-state index < -0.39 is 6.10 Å². The molecular weight excluding hydrogens is 362 g/mol. The Bertz CT molecular complexity index is 909. The van der Waals surface area contributed by atoms with Crippen molar-refractivity contribution in [2.24, 2.45) is 0 Å². The van der Waals surface area contributed by atoms with Gasteiger partial charge in [-0.3, -0.25) is 9.78 Å². The minimum Gasteiger partial charge on any atom is -0.479 e. The predicted molar refractivity (Wildman–Crippen MR) is 104 cm³/mol. The maximum atomic E-state index is 12.9. The van der Waals surface area contributed by atoms with Gasteiger partial charge in [-0.1, -0.05) is 11.6 Å². The SMILES string of the molecule is O=C(C1Cc2cc(Cl)cc(-c3ccnc4c3CCC4)c2O1)N1CCNCC1. The van der Waals surface area contributed by atoms with E-state index in [0.717, 1.165) is 67.9 Å². The third-order valence-corrected chi connectivity index (χ3v) is 5.99. The number of nitrogens with one attached hydrogen (secondary N) is 1. The molecule has 3 heterocycles. The zero-order valence-electron chi connectivity index (χ0n) is 15.1. The van der Waals surface area contributed by atoms with E-state index >= 15 is 0 Å².